The Balaban J connectivity index is 1.95. The molecule has 1 fully saturated rings. The molecule has 0 unspecified atom stereocenters. The van der Waals surface area contributed by atoms with E-state index in [1.807, 2.05) is 0 Å². The van der Waals surface area contributed by atoms with Crippen LogP contribution < -0.4 is 5.43 Å². The Morgan fingerprint density at radius 1 is 1.19 bits per heavy atom. The Bertz CT molecular complexity index is 985. The molecule has 142 valence electrons. The van der Waals surface area contributed by atoms with E-state index in [-0.39, 0.29) is 22.0 Å². The number of benzene rings is 2. The minimum Gasteiger partial charge on any atom is -0.507 e. The summed E-state index contributed by atoms with van der Waals surface area (Å²) in [4.78, 5) is 10.2. The SMILES string of the molecule is O=[N+]([O-])c1ccc(N/N=C\c2ccccc2O)c(S(=O)(=O)N2CCCC2)c1. The van der Waals surface area contributed by atoms with Crippen LogP contribution in [0.25, 0.3) is 0 Å². The van der Waals surface area contributed by atoms with Crippen LogP contribution >= 0.6 is 0 Å². The van der Waals surface area contributed by atoms with Crippen LogP contribution in [0, 0.1) is 10.1 Å². The second-order valence-corrected chi connectivity index (χ2v) is 7.88. The van der Waals surface area contributed by atoms with Gasteiger partial charge in [-0.2, -0.15) is 9.41 Å². The van der Waals surface area contributed by atoms with Crippen LogP contribution in [0.4, 0.5) is 11.4 Å². The molecule has 0 saturated carbocycles. The van der Waals surface area contributed by atoms with E-state index >= 15 is 0 Å². The highest BCUT2D eigenvalue weighted by molar-refractivity contribution is 7.89. The van der Waals surface area contributed by atoms with Crippen LogP contribution in [-0.2, 0) is 10.0 Å². The first kappa shape index (κ1) is 18.8. The number of anilines is 1. The monoisotopic (exact) mass is 390 g/mol. The first-order chi connectivity index (χ1) is 12.9. The minimum absolute atomic E-state index is 0.0247. The number of nitro benzene ring substituents is 1. The summed E-state index contributed by atoms with van der Waals surface area (Å²) in [7, 11) is -3.89. The Kier molecular flexibility index (Phi) is 5.38. The fourth-order valence-corrected chi connectivity index (χ4v) is 4.44. The van der Waals surface area contributed by atoms with Gasteiger partial charge in [0.15, 0.2) is 0 Å². The van der Waals surface area contributed by atoms with Crippen molar-refractivity contribution in [3.8, 4) is 5.75 Å². The van der Waals surface area contributed by atoms with Gasteiger partial charge < -0.3 is 5.11 Å². The molecular formula is C17H18N4O5S. The standard InChI is InChI=1S/C17H18N4O5S/c22-16-6-2-1-5-13(16)12-18-19-15-8-7-14(21(23)24)11-17(15)27(25,26)20-9-3-4-10-20/h1-2,5-8,11-12,19,22H,3-4,9-10H2/b18-12-. The van der Waals surface area contributed by atoms with Crippen molar-refractivity contribution >= 4 is 27.6 Å². The summed E-state index contributed by atoms with van der Waals surface area (Å²) in [6, 6.07) is 10.1. The summed E-state index contributed by atoms with van der Waals surface area (Å²) < 4.78 is 27.1. The van der Waals surface area contributed by atoms with Gasteiger partial charge in [-0.1, -0.05) is 12.1 Å². The number of phenolic OH excluding ortho intramolecular Hbond substituents is 1. The number of rotatable bonds is 6. The lowest BCUT2D eigenvalue weighted by molar-refractivity contribution is -0.385. The van der Waals surface area contributed by atoms with E-state index in [1.54, 1.807) is 18.2 Å². The van der Waals surface area contributed by atoms with E-state index in [1.165, 1.54) is 28.7 Å². The molecule has 3 rings (SSSR count). The molecular weight excluding hydrogens is 372 g/mol. The van der Waals surface area contributed by atoms with E-state index < -0.39 is 14.9 Å². The van der Waals surface area contributed by atoms with Crippen molar-refractivity contribution in [1.82, 2.24) is 4.31 Å². The number of hydrogen-bond acceptors (Lipinski definition) is 7. The summed E-state index contributed by atoms with van der Waals surface area (Å²) in [5.74, 6) is 0.0247. The van der Waals surface area contributed by atoms with Gasteiger partial charge in [0.1, 0.15) is 10.6 Å². The molecule has 0 aromatic heterocycles. The number of non-ortho nitro benzene ring substituents is 1. The lowest BCUT2D eigenvalue weighted by atomic mass is 10.2. The maximum Gasteiger partial charge on any atom is 0.270 e. The van der Waals surface area contributed by atoms with Gasteiger partial charge in [0.05, 0.1) is 16.8 Å². The molecule has 0 spiro atoms. The van der Waals surface area contributed by atoms with E-state index in [9.17, 15) is 23.6 Å². The zero-order valence-electron chi connectivity index (χ0n) is 14.3. The van der Waals surface area contributed by atoms with Gasteiger partial charge in [-0.05, 0) is 31.0 Å². The van der Waals surface area contributed by atoms with Crippen LogP contribution in [0.3, 0.4) is 0 Å². The van der Waals surface area contributed by atoms with Crippen molar-refractivity contribution in [2.45, 2.75) is 17.7 Å². The normalized spacial score (nSPS) is 15.3. The number of hydrazone groups is 1. The van der Waals surface area contributed by atoms with Gasteiger partial charge >= 0.3 is 0 Å². The Morgan fingerprint density at radius 2 is 1.89 bits per heavy atom. The quantitative estimate of drug-likeness (QED) is 0.443. The summed E-state index contributed by atoms with van der Waals surface area (Å²) in [6.07, 6.45) is 2.84. The second-order valence-electron chi connectivity index (χ2n) is 5.98. The summed E-state index contributed by atoms with van der Waals surface area (Å²) >= 11 is 0. The summed E-state index contributed by atoms with van der Waals surface area (Å²) in [5.41, 5.74) is 2.86. The van der Waals surface area contributed by atoms with E-state index in [2.05, 4.69) is 10.5 Å². The fraction of sp³-hybridized carbons (Fsp3) is 0.235. The molecule has 1 heterocycles. The molecule has 2 aromatic rings. The number of sulfonamides is 1. The Labute approximate surface area is 156 Å². The molecule has 0 radical (unpaired) electrons. The Morgan fingerprint density at radius 3 is 2.56 bits per heavy atom. The first-order valence-electron chi connectivity index (χ1n) is 8.25. The van der Waals surface area contributed by atoms with Crippen molar-refractivity contribution in [3.63, 3.8) is 0 Å². The van der Waals surface area contributed by atoms with Crippen molar-refractivity contribution in [2.75, 3.05) is 18.5 Å². The summed E-state index contributed by atoms with van der Waals surface area (Å²) in [5, 5.41) is 24.8. The molecule has 0 aliphatic carbocycles. The minimum atomic E-state index is -3.89. The molecule has 1 saturated heterocycles. The number of phenols is 1. The van der Waals surface area contributed by atoms with Crippen LogP contribution in [0.5, 0.6) is 5.75 Å². The van der Waals surface area contributed by atoms with Crippen LogP contribution in [0.15, 0.2) is 52.5 Å². The molecule has 0 bridgehead atoms. The highest BCUT2D eigenvalue weighted by atomic mass is 32.2. The maximum absolute atomic E-state index is 12.9. The lowest BCUT2D eigenvalue weighted by Crippen LogP contribution is -2.28. The third-order valence-electron chi connectivity index (χ3n) is 4.18. The van der Waals surface area contributed by atoms with Gasteiger partial charge in [0.2, 0.25) is 10.0 Å². The van der Waals surface area contributed by atoms with Crippen molar-refractivity contribution < 1.29 is 18.4 Å². The van der Waals surface area contributed by atoms with Crippen molar-refractivity contribution in [2.24, 2.45) is 5.10 Å². The van der Waals surface area contributed by atoms with E-state index in [0.717, 1.165) is 18.9 Å². The van der Waals surface area contributed by atoms with E-state index in [0.29, 0.717) is 18.7 Å². The molecule has 27 heavy (non-hydrogen) atoms. The molecule has 10 heteroatoms. The zero-order valence-corrected chi connectivity index (χ0v) is 15.1. The van der Waals surface area contributed by atoms with Gasteiger partial charge in [-0.15, -0.1) is 0 Å². The van der Waals surface area contributed by atoms with Crippen molar-refractivity contribution in [3.05, 3.63) is 58.1 Å². The predicted molar refractivity (Wildman–Crippen MR) is 100 cm³/mol. The molecule has 0 atom stereocenters. The van der Waals surface area contributed by atoms with Crippen LogP contribution in [0.2, 0.25) is 0 Å². The molecule has 9 nitrogen and oxygen atoms in total. The first-order valence-corrected chi connectivity index (χ1v) is 9.69. The second kappa shape index (κ2) is 7.72. The fourth-order valence-electron chi connectivity index (χ4n) is 2.77. The topological polar surface area (TPSA) is 125 Å². The molecule has 1 aliphatic heterocycles. The van der Waals surface area contributed by atoms with Crippen LogP contribution in [-0.4, -0.2) is 42.1 Å². The highest BCUT2D eigenvalue weighted by Gasteiger charge is 2.31. The average molecular weight is 390 g/mol. The molecule has 1 aliphatic rings. The number of aromatic hydroxyl groups is 1. The average Bonchev–Trinajstić information content (AvgIpc) is 3.19. The number of nitrogens with zero attached hydrogens (tertiary/aromatic N) is 3. The zero-order chi connectivity index (χ0) is 19.4. The number of hydrogen-bond donors (Lipinski definition) is 2. The Hall–Kier alpha value is -2.98. The summed E-state index contributed by atoms with van der Waals surface area (Å²) in [6.45, 7) is 0.761. The number of nitrogens with one attached hydrogen (secondary N) is 1. The van der Waals surface area contributed by atoms with E-state index in [4.69, 9.17) is 0 Å². The lowest BCUT2D eigenvalue weighted by Gasteiger charge is -2.17. The third kappa shape index (κ3) is 4.07. The maximum atomic E-state index is 12.9. The number of nitro groups is 1. The smallest absolute Gasteiger partial charge is 0.270 e. The van der Waals surface area contributed by atoms with Gasteiger partial charge in [0, 0.05) is 30.8 Å². The van der Waals surface area contributed by atoms with Gasteiger partial charge in [0.25, 0.3) is 5.69 Å². The predicted octanol–water partition coefficient (Wildman–Crippen LogP) is 2.53. The third-order valence-corrected chi connectivity index (χ3v) is 6.12. The van der Waals surface area contributed by atoms with Gasteiger partial charge in [-0.25, -0.2) is 8.42 Å². The molecule has 2 N–H and O–H groups in total. The molecule has 2 aromatic carbocycles. The van der Waals surface area contributed by atoms with Gasteiger partial charge in [-0.3, -0.25) is 15.5 Å². The largest absolute Gasteiger partial charge is 0.507 e. The van der Waals surface area contributed by atoms with Crippen LogP contribution in [0.1, 0.15) is 18.4 Å². The number of para-hydroxylation sites is 1. The van der Waals surface area contributed by atoms with Crippen molar-refractivity contribution in [1.29, 1.82) is 0 Å². The molecule has 0 amide bonds. The highest BCUT2D eigenvalue weighted by Crippen LogP contribution is 2.30.